The summed E-state index contributed by atoms with van der Waals surface area (Å²) >= 11 is 7.59. The Kier molecular flexibility index (Phi) is 4.99. The van der Waals surface area contributed by atoms with Crippen LogP contribution in [0.1, 0.15) is 10.6 Å². The summed E-state index contributed by atoms with van der Waals surface area (Å²) in [4.78, 5) is 4.54. The van der Waals surface area contributed by atoms with E-state index >= 15 is 0 Å². The van der Waals surface area contributed by atoms with Gasteiger partial charge in [-0.05, 0) is 42.0 Å². The molecule has 4 nitrogen and oxygen atoms in total. The van der Waals surface area contributed by atoms with E-state index < -0.39 is 0 Å². The topological polar surface area (TPSA) is 55.1 Å². The highest BCUT2D eigenvalue weighted by Crippen LogP contribution is 2.30. The third-order valence-corrected chi connectivity index (χ3v) is 4.50. The molecule has 0 unspecified atom stereocenters. The number of nitriles is 1. The summed E-state index contributed by atoms with van der Waals surface area (Å²) in [6.07, 6.45) is 3.90. The third-order valence-electron chi connectivity index (χ3n) is 3.26. The monoisotopic (exact) mass is 356 g/mol. The van der Waals surface area contributed by atoms with Gasteiger partial charge in [0.05, 0.1) is 17.3 Å². The SMILES string of the molecule is COc1cc(/C=C/c2nc3cc(Cl)ccc3s2)ccc1OCC#N. The molecule has 1 heterocycles. The highest BCUT2D eigenvalue weighted by Gasteiger charge is 2.05. The van der Waals surface area contributed by atoms with Crippen LogP contribution in [-0.2, 0) is 0 Å². The van der Waals surface area contributed by atoms with Crippen LogP contribution in [0.15, 0.2) is 36.4 Å². The van der Waals surface area contributed by atoms with Gasteiger partial charge in [0.1, 0.15) is 11.1 Å². The van der Waals surface area contributed by atoms with Crippen molar-refractivity contribution in [1.29, 1.82) is 5.26 Å². The Labute approximate surface area is 148 Å². The van der Waals surface area contributed by atoms with Crippen molar-refractivity contribution in [3.63, 3.8) is 0 Å². The first-order chi connectivity index (χ1) is 11.7. The number of ether oxygens (including phenoxy) is 2. The first-order valence-corrected chi connectivity index (χ1v) is 8.31. The van der Waals surface area contributed by atoms with Crippen molar-refractivity contribution in [1.82, 2.24) is 4.98 Å². The van der Waals surface area contributed by atoms with E-state index in [-0.39, 0.29) is 6.61 Å². The smallest absolute Gasteiger partial charge is 0.174 e. The molecule has 0 atom stereocenters. The molecule has 1 aromatic heterocycles. The molecular weight excluding hydrogens is 344 g/mol. The number of aromatic nitrogens is 1. The number of fused-ring (bicyclic) bond motifs is 1. The number of halogens is 1. The van der Waals surface area contributed by atoms with Crippen LogP contribution in [0.2, 0.25) is 5.02 Å². The van der Waals surface area contributed by atoms with Crippen LogP contribution in [0, 0.1) is 11.3 Å². The number of rotatable bonds is 5. The second-order valence-corrected chi connectivity index (χ2v) is 6.35. The molecule has 0 aliphatic carbocycles. The van der Waals surface area contributed by atoms with E-state index in [4.69, 9.17) is 26.3 Å². The summed E-state index contributed by atoms with van der Waals surface area (Å²) in [5, 5.41) is 10.2. The van der Waals surface area contributed by atoms with Crippen LogP contribution >= 0.6 is 22.9 Å². The highest BCUT2D eigenvalue weighted by atomic mass is 35.5. The van der Waals surface area contributed by atoms with Gasteiger partial charge in [-0.3, -0.25) is 0 Å². The molecule has 0 N–H and O–H groups in total. The molecule has 120 valence electrons. The fraction of sp³-hybridized carbons (Fsp3) is 0.111. The summed E-state index contributed by atoms with van der Waals surface area (Å²) in [6.45, 7) is -0.0141. The number of hydrogen-bond donors (Lipinski definition) is 0. The van der Waals surface area contributed by atoms with Gasteiger partial charge in [0.25, 0.3) is 0 Å². The predicted molar refractivity (Wildman–Crippen MR) is 97.7 cm³/mol. The Balaban J connectivity index is 1.83. The maximum Gasteiger partial charge on any atom is 0.174 e. The standard InChI is InChI=1S/C18H13ClN2O2S/c1-22-16-10-12(2-5-15(16)23-9-8-20)3-7-18-21-14-11-13(19)4-6-17(14)24-18/h2-7,10-11H,9H2,1H3/b7-3+. The molecule has 0 spiro atoms. The number of hydrogen-bond acceptors (Lipinski definition) is 5. The van der Waals surface area contributed by atoms with Crippen LogP contribution in [0.25, 0.3) is 22.4 Å². The molecule has 0 amide bonds. The van der Waals surface area contributed by atoms with E-state index in [1.807, 2.05) is 48.6 Å². The molecule has 6 heteroatoms. The van der Waals surface area contributed by atoms with Gasteiger partial charge in [-0.2, -0.15) is 5.26 Å². The Morgan fingerprint density at radius 3 is 2.88 bits per heavy atom. The minimum absolute atomic E-state index is 0.0141. The number of thiazole rings is 1. The highest BCUT2D eigenvalue weighted by molar-refractivity contribution is 7.19. The molecule has 0 fully saturated rings. The fourth-order valence-corrected chi connectivity index (χ4v) is 3.19. The van der Waals surface area contributed by atoms with Crippen molar-refractivity contribution < 1.29 is 9.47 Å². The second-order valence-electron chi connectivity index (χ2n) is 4.85. The molecular formula is C18H13ClN2O2S. The van der Waals surface area contributed by atoms with E-state index in [9.17, 15) is 0 Å². The van der Waals surface area contributed by atoms with E-state index in [0.717, 1.165) is 20.8 Å². The van der Waals surface area contributed by atoms with Crippen LogP contribution in [-0.4, -0.2) is 18.7 Å². The van der Waals surface area contributed by atoms with Crippen molar-refractivity contribution >= 4 is 45.3 Å². The lowest BCUT2D eigenvalue weighted by atomic mass is 10.2. The molecule has 24 heavy (non-hydrogen) atoms. The predicted octanol–water partition coefficient (Wildman–Crippen LogP) is 5.03. The summed E-state index contributed by atoms with van der Waals surface area (Å²) in [6, 6.07) is 13.2. The fourth-order valence-electron chi connectivity index (χ4n) is 2.17. The van der Waals surface area contributed by atoms with E-state index in [1.54, 1.807) is 24.5 Å². The van der Waals surface area contributed by atoms with E-state index in [1.165, 1.54) is 0 Å². The zero-order chi connectivity index (χ0) is 16.9. The Hall–Kier alpha value is -2.55. The Morgan fingerprint density at radius 1 is 1.21 bits per heavy atom. The molecule has 0 radical (unpaired) electrons. The van der Waals surface area contributed by atoms with Gasteiger partial charge < -0.3 is 9.47 Å². The lowest BCUT2D eigenvalue weighted by molar-refractivity contribution is 0.329. The average Bonchev–Trinajstić information content (AvgIpc) is 3.00. The normalized spacial score (nSPS) is 10.9. The first-order valence-electron chi connectivity index (χ1n) is 7.11. The molecule has 0 bridgehead atoms. The summed E-state index contributed by atoms with van der Waals surface area (Å²) in [5.74, 6) is 1.13. The summed E-state index contributed by atoms with van der Waals surface area (Å²) in [7, 11) is 1.57. The maximum atomic E-state index is 8.59. The van der Waals surface area contributed by atoms with Gasteiger partial charge in [-0.1, -0.05) is 23.7 Å². The molecule has 3 rings (SSSR count). The largest absolute Gasteiger partial charge is 0.493 e. The van der Waals surface area contributed by atoms with Gasteiger partial charge >= 0.3 is 0 Å². The van der Waals surface area contributed by atoms with Crippen LogP contribution in [0.3, 0.4) is 0 Å². The first kappa shape index (κ1) is 16.3. The Morgan fingerprint density at radius 2 is 2.08 bits per heavy atom. The zero-order valence-corrected chi connectivity index (χ0v) is 14.4. The van der Waals surface area contributed by atoms with Crippen LogP contribution < -0.4 is 9.47 Å². The van der Waals surface area contributed by atoms with Crippen molar-refractivity contribution in [2.75, 3.05) is 13.7 Å². The minimum Gasteiger partial charge on any atom is -0.493 e. The lowest BCUT2D eigenvalue weighted by Crippen LogP contribution is -1.96. The van der Waals surface area contributed by atoms with Crippen LogP contribution in [0.5, 0.6) is 11.5 Å². The van der Waals surface area contributed by atoms with E-state index in [0.29, 0.717) is 16.5 Å². The van der Waals surface area contributed by atoms with Gasteiger partial charge in [0.2, 0.25) is 0 Å². The second kappa shape index (κ2) is 7.35. The number of nitrogens with zero attached hydrogens (tertiary/aromatic N) is 2. The van der Waals surface area contributed by atoms with Crippen molar-refractivity contribution in [2.45, 2.75) is 0 Å². The number of benzene rings is 2. The van der Waals surface area contributed by atoms with Gasteiger partial charge in [0, 0.05) is 5.02 Å². The van der Waals surface area contributed by atoms with E-state index in [2.05, 4.69) is 4.98 Å². The molecule has 0 aliphatic rings. The summed E-state index contributed by atoms with van der Waals surface area (Å²) in [5.41, 5.74) is 1.85. The number of methoxy groups -OCH3 is 1. The van der Waals surface area contributed by atoms with Gasteiger partial charge in [-0.15, -0.1) is 11.3 Å². The molecule has 3 aromatic rings. The Bertz CT molecular complexity index is 944. The van der Waals surface area contributed by atoms with Crippen LogP contribution in [0.4, 0.5) is 0 Å². The third kappa shape index (κ3) is 3.67. The molecule has 0 saturated carbocycles. The lowest BCUT2D eigenvalue weighted by Gasteiger charge is -2.08. The molecule has 0 saturated heterocycles. The van der Waals surface area contributed by atoms with Crippen molar-refractivity contribution in [3.8, 4) is 17.6 Å². The molecule has 0 aliphatic heterocycles. The average molecular weight is 357 g/mol. The maximum absolute atomic E-state index is 8.59. The van der Waals surface area contributed by atoms with Gasteiger partial charge in [0.15, 0.2) is 18.1 Å². The van der Waals surface area contributed by atoms with Crippen molar-refractivity contribution in [2.24, 2.45) is 0 Å². The summed E-state index contributed by atoms with van der Waals surface area (Å²) < 4.78 is 11.7. The minimum atomic E-state index is -0.0141. The van der Waals surface area contributed by atoms with Crippen molar-refractivity contribution in [3.05, 3.63) is 52.0 Å². The molecule has 2 aromatic carbocycles. The van der Waals surface area contributed by atoms with Gasteiger partial charge in [-0.25, -0.2) is 4.98 Å². The quantitative estimate of drug-likeness (QED) is 0.643. The zero-order valence-electron chi connectivity index (χ0n) is 12.8.